The number of unbranched alkanes of at least 4 members (excludes halogenated alkanes) is 1. The zero-order valence-corrected chi connectivity index (χ0v) is 11.7. The van der Waals surface area contributed by atoms with Crippen molar-refractivity contribution >= 4 is 24.0 Å². The maximum absolute atomic E-state index is 11.2. The highest BCUT2D eigenvalue weighted by Gasteiger charge is 2.10. The summed E-state index contributed by atoms with van der Waals surface area (Å²) < 4.78 is 9.07. The molecule has 2 N–H and O–H groups in total. The van der Waals surface area contributed by atoms with Gasteiger partial charge in [-0.25, -0.2) is 9.59 Å². The van der Waals surface area contributed by atoms with Gasteiger partial charge in [-0.1, -0.05) is 0 Å². The first-order valence-corrected chi connectivity index (χ1v) is 6.42. The Morgan fingerprint density at radius 2 is 1.10 bits per heavy atom. The number of imide groups is 2. The third-order valence-electron chi connectivity index (χ3n) is 2.09. The van der Waals surface area contributed by atoms with Gasteiger partial charge in [0.05, 0.1) is 13.2 Å². The molecular formula is C12H20N2O6. The number of nitrogens with one attached hydrogen (secondary N) is 2. The number of hydrogen-bond acceptors (Lipinski definition) is 6. The van der Waals surface area contributed by atoms with Crippen LogP contribution in [0.15, 0.2) is 0 Å². The molecule has 0 aliphatic heterocycles. The van der Waals surface area contributed by atoms with E-state index < -0.39 is 24.0 Å². The lowest BCUT2D eigenvalue weighted by atomic mass is 10.2. The van der Waals surface area contributed by atoms with Gasteiger partial charge in [0, 0.05) is 12.8 Å². The Morgan fingerprint density at radius 1 is 0.750 bits per heavy atom. The molecule has 0 aromatic heterocycles. The highest BCUT2D eigenvalue weighted by atomic mass is 16.6. The number of carbonyl (C=O) groups excluding carboxylic acids is 4. The van der Waals surface area contributed by atoms with Crippen LogP contribution in [0.25, 0.3) is 0 Å². The Morgan fingerprint density at radius 3 is 1.40 bits per heavy atom. The van der Waals surface area contributed by atoms with E-state index in [0.29, 0.717) is 12.8 Å². The molecule has 0 aliphatic carbocycles. The van der Waals surface area contributed by atoms with Gasteiger partial charge >= 0.3 is 12.2 Å². The minimum atomic E-state index is -0.780. The van der Waals surface area contributed by atoms with Crippen LogP contribution in [-0.2, 0) is 19.1 Å². The topological polar surface area (TPSA) is 111 Å². The van der Waals surface area contributed by atoms with Gasteiger partial charge in [-0.3, -0.25) is 20.2 Å². The molecule has 0 fully saturated rings. The van der Waals surface area contributed by atoms with Gasteiger partial charge in [0.15, 0.2) is 0 Å². The Hall–Kier alpha value is -2.12. The zero-order chi connectivity index (χ0) is 15.4. The molecule has 0 unspecified atom stereocenters. The molecule has 20 heavy (non-hydrogen) atoms. The molecule has 0 bridgehead atoms. The average molecular weight is 288 g/mol. The Balaban J connectivity index is 3.65. The van der Waals surface area contributed by atoms with Crippen LogP contribution in [0.3, 0.4) is 0 Å². The number of ether oxygens (including phenoxy) is 2. The quantitative estimate of drug-likeness (QED) is 0.678. The van der Waals surface area contributed by atoms with Crippen molar-refractivity contribution in [2.75, 3.05) is 13.2 Å². The predicted octanol–water partition coefficient (Wildman–Crippen LogP) is 1.09. The van der Waals surface area contributed by atoms with Crippen LogP contribution in [0.5, 0.6) is 0 Å². The van der Waals surface area contributed by atoms with E-state index in [9.17, 15) is 19.2 Å². The number of hydrogen-bond donors (Lipinski definition) is 2. The van der Waals surface area contributed by atoms with E-state index in [4.69, 9.17) is 0 Å². The number of carbonyl (C=O) groups is 4. The van der Waals surface area contributed by atoms with Crippen LogP contribution >= 0.6 is 0 Å². The monoisotopic (exact) mass is 288 g/mol. The molecule has 8 heteroatoms. The van der Waals surface area contributed by atoms with E-state index in [-0.39, 0.29) is 26.1 Å². The highest BCUT2D eigenvalue weighted by Crippen LogP contribution is 2.00. The molecule has 0 radical (unpaired) electrons. The largest absolute Gasteiger partial charge is 0.450 e. The first-order chi connectivity index (χ1) is 9.49. The molecule has 114 valence electrons. The van der Waals surface area contributed by atoms with Crippen molar-refractivity contribution in [1.82, 2.24) is 10.6 Å². The maximum Gasteiger partial charge on any atom is 0.413 e. The van der Waals surface area contributed by atoms with Crippen molar-refractivity contribution in [3.05, 3.63) is 0 Å². The average Bonchev–Trinajstić information content (AvgIpc) is 2.35. The highest BCUT2D eigenvalue weighted by molar-refractivity contribution is 5.92. The standard InChI is InChI=1S/C12H20N2O6/c1-3-19-11(17)13-9(15)7-5-6-8-10(16)14-12(18)20-4-2/h3-8H2,1-2H3,(H,13,15,17)(H,14,16,18). The minimum absolute atomic E-state index is 0.103. The fraction of sp³-hybridized carbons (Fsp3) is 0.667. The molecule has 0 atom stereocenters. The zero-order valence-electron chi connectivity index (χ0n) is 11.7. The summed E-state index contributed by atoms with van der Waals surface area (Å²) in [5.74, 6) is -0.927. The summed E-state index contributed by atoms with van der Waals surface area (Å²) in [6.45, 7) is 3.64. The predicted molar refractivity (Wildman–Crippen MR) is 68.8 cm³/mol. The van der Waals surface area contributed by atoms with Crippen molar-refractivity contribution in [3.8, 4) is 0 Å². The molecule has 0 saturated carbocycles. The lowest BCUT2D eigenvalue weighted by Crippen LogP contribution is -2.31. The Bertz CT molecular complexity index is 322. The summed E-state index contributed by atoms with van der Waals surface area (Å²) >= 11 is 0. The fourth-order valence-corrected chi connectivity index (χ4v) is 1.26. The van der Waals surface area contributed by atoms with Crippen molar-refractivity contribution in [2.45, 2.75) is 39.5 Å². The molecule has 0 heterocycles. The molecule has 0 aromatic carbocycles. The van der Waals surface area contributed by atoms with Crippen LogP contribution in [0, 0.1) is 0 Å². The van der Waals surface area contributed by atoms with Crippen LogP contribution in [-0.4, -0.2) is 37.2 Å². The summed E-state index contributed by atoms with van der Waals surface area (Å²) in [5.41, 5.74) is 0. The molecule has 4 amide bonds. The van der Waals surface area contributed by atoms with Crippen LogP contribution in [0.4, 0.5) is 9.59 Å². The van der Waals surface area contributed by atoms with Gasteiger partial charge in [-0.15, -0.1) is 0 Å². The van der Waals surface area contributed by atoms with E-state index in [1.165, 1.54) is 0 Å². The number of rotatable bonds is 7. The van der Waals surface area contributed by atoms with Gasteiger partial charge in [0.1, 0.15) is 0 Å². The van der Waals surface area contributed by atoms with E-state index in [2.05, 4.69) is 9.47 Å². The number of amides is 4. The van der Waals surface area contributed by atoms with E-state index in [0.717, 1.165) is 0 Å². The van der Waals surface area contributed by atoms with E-state index in [1.807, 2.05) is 10.6 Å². The third-order valence-corrected chi connectivity index (χ3v) is 2.09. The molecule has 0 rings (SSSR count). The van der Waals surface area contributed by atoms with Crippen molar-refractivity contribution in [1.29, 1.82) is 0 Å². The van der Waals surface area contributed by atoms with Gasteiger partial charge in [0.25, 0.3) is 0 Å². The van der Waals surface area contributed by atoms with Crippen LogP contribution in [0.1, 0.15) is 39.5 Å². The lowest BCUT2D eigenvalue weighted by Gasteiger charge is -2.05. The van der Waals surface area contributed by atoms with E-state index in [1.54, 1.807) is 13.8 Å². The van der Waals surface area contributed by atoms with Gasteiger partial charge in [-0.2, -0.15) is 0 Å². The van der Waals surface area contributed by atoms with Gasteiger partial charge < -0.3 is 9.47 Å². The first kappa shape index (κ1) is 17.9. The Kier molecular flexibility index (Phi) is 9.63. The van der Waals surface area contributed by atoms with Crippen molar-refractivity contribution in [2.24, 2.45) is 0 Å². The normalized spacial score (nSPS) is 9.50. The van der Waals surface area contributed by atoms with Crippen molar-refractivity contribution < 1.29 is 28.7 Å². The summed E-state index contributed by atoms with van der Waals surface area (Å²) in [7, 11) is 0. The summed E-state index contributed by atoms with van der Waals surface area (Å²) in [6, 6.07) is 0. The van der Waals surface area contributed by atoms with Crippen LogP contribution < -0.4 is 10.6 Å². The van der Waals surface area contributed by atoms with Crippen molar-refractivity contribution in [3.63, 3.8) is 0 Å². The second-order valence-corrected chi connectivity index (χ2v) is 3.74. The third kappa shape index (κ3) is 9.86. The Labute approximate surface area is 117 Å². The smallest absolute Gasteiger partial charge is 0.413 e. The summed E-state index contributed by atoms with van der Waals surface area (Å²) in [6.07, 6.45) is -0.518. The molecule has 0 aliphatic rings. The molecule has 0 spiro atoms. The molecule has 8 nitrogen and oxygen atoms in total. The summed E-state index contributed by atoms with van der Waals surface area (Å²) in [5, 5.41) is 4.09. The lowest BCUT2D eigenvalue weighted by molar-refractivity contribution is -0.122. The van der Waals surface area contributed by atoms with E-state index >= 15 is 0 Å². The minimum Gasteiger partial charge on any atom is -0.450 e. The van der Waals surface area contributed by atoms with Crippen LogP contribution in [0.2, 0.25) is 0 Å². The number of alkyl carbamates (subject to hydrolysis) is 2. The molecular weight excluding hydrogens is 268 g/mol. The first-order valence-electron chi connectivity index (χ1n) is 6.42. The molecule has 0 aromatic rings. The second-order valence-electron chi connectivity index (χ2n) is 3.74. The summed E-state index contributed by atoms with van der Waals surface area (Å²) in [4.78, 5) is 44.3. The van der Waals surface area contributed by atoms with Gasteiger partial charge in [0.2, 0.25) is 11.8 Å². The second kappa shape index (κ2) is 10.8. The fourth-order valence-electron chi connectivity index (χ4n) is 1.26. The SMILES string of the molecule is CCOC(=O)NC(=O)CCCCC(=O)NC(=O)OCC. The van der Waals surface area contributed by atoms with Gasteiger partial charge in [-0.05, 0) is 26.7 Å². The maximum atomic E-state index is 11.2. The molecule has 0 saturated heterocycles.